The van der Waals surface area contributed by atoms with E-state index in [4.69, 9.17) is 0 Å². The number of benzene rings is 1. The SMILES string of the molecule is CCNCc1cc(F)ccc1-c1cn(C)nc1C. The van der Waals surface area contributed by atoms with Crippen LogP contribution in [0, 0.1) is 12.7 Å². The first-order chi connectivity index (χ1) is 8.61. The molecule has 4 heteroatoms. The topological polar surface area (TPSA) is 29.9 Å². The number of rotatable bonds is 4. The molecule has 0 fully saturated rings. The lowest BCUT2D eigenvalue weighted by Crippen LogP contribution is -2.12. The highest BCUT2D eigenvalue weighted by Crippen LogP contribution is 2.26. The first-order valence-corrected chi connectivity index (χ1v) is 6.11. The summed E-state index contributed by atoms with van der Waals surface area (Å²) < 4.78 is 15.1. The zero-order chi connectivity index (χ0) is 13.1. The van der Waals surface area contributed by atoms with E-state index in [0.29, 0.717) is 6.54 Å². The summed E-state index contributed by atoms with van der Waals surface area (Å²) in [6, 6.07) is 4.91. The fourth-order valence-corrected chi connectivity index (χ4v) is 2.09. The molecule has 1 heterocycles. The fourth-order valence-electron chi connectivity index (χ4n) is 2.09. The molecule has 1 N–H and O–H groups in total. The van der Waals surface area contributed by atoms with E-state index in [9.17, 15) is 4.39 Å². The van der Waals surface area contributed by atoms with Crippen LogP contribution in [0.15, 0.2) is 24.4 Å². The Labute approximate surface area is 107 Å². The lowest BCUT2D eigenvalue weighted by molar-refractivity contribution is 0.622. The minimum absolute atomic E-state index is 0.201. The van der Waals surface area contributed by atoms with Crippen LogP contribution in [-0.4, -0.2) is 16.3 Å². The van der Waals surface area contributed by atoms with Gasteiger partial charge in [-0.2, -0.15) is 5.10 Å². The van der Waals surface area contributed by atoms with Gasteiger partial charge in [-0.25, -0.2) is 4.39 Å². The van der Waals surface area contributed by atoms with Gasteiger partial charge in [-0.1, -0.05) is 13.0 Å². The second kappa shape index (κ2) is 5.31. The highest BCUT2D eigenvalue weighted by Gasteiger charge is 2.11. The Morgan fingerprint density at radius 2 is 2.11 bits per heavy atom. The van der Waals surface area contributed by atoms with E-state index < -0.39 is 0 Å². The number of nitrogens with one attached hydrogen (secondary N) is 1. The molecule has 0 amide bonds. The van der Waals surface area contributed by atoms with Gasteiger partial charge in [0.2, 0.25) is 0 Å². The molecule has 96 valence electrons. The van der Waals surface area contributed by atoms with Gasteiger partial charge in [0.15, 0.2) is 0 Å². The summed E-state index contributed by atoms with van der Waals surface area (Å²) in [6.07, 6.45) is 1.97. The summed E-state index contributed by atoms with van der Waals surface area (Å²) >= 11 is 0. The minimum Gasteiger partial charge on any atom is -0.313 e. The van der Waals surface area contributed by atoms with Gasteiger partial charge in [0.25, 0.3) is 0 Å². The highest BCUT2D eigenvalue weighted by molar-refractivity contribution is 5.68. The average Bonchev–Trinajstić information content (AvgIpc) is 2.66. The fraction of sp³-hybridized carbons (Fsp3) is 0.357. The van der Waals surface area contributed by atoms with E-state index in [1.807, 2.05) is 33.2 Å². The average molecular weight is 247 g/mol. The second-order valence-corrected chi connectivity index (χ2v) is 4.38. The zero-order valence-corrected chi connectivity index (χ0v) is 11.0. The molecule has 0 aliphatic heterocycles. The van der Waals surface area contributed by atoms with Crippen molar-refractivity contribution in [2.24, 2.45) is 7.05 Å². The van der Waals surface area contributed by atoms with E-state index in [0.717, 1.165) is 28.9 Å². The standard InChI is InChI=1S/C14H18FN3/c1-4-16-8-11-7-12(15)5-6-13(11)14-9-18(3)17-10(14)2/h5-7,9,16H,4,8H2,1-3H3. The van der Waals surface area contributed by atoms with Crippen molar-refractivity contribution in [1.29, 1.82) is 0 Å². The first kappa shape index (κ1) is 12.8. The summed E-state index contributed by atoms with van der Waals surface area (Å²) in [5, 5.41) is 7.57. The molecule has 2 rings (SSSR count). The smallest absolute Gasteiger partial charge is 0.123 e. The second-order valence-electron chi connectivity index (χ2n) is 4.38. The molecule has 0 atom stereocenters. The van der Waals surface area contributed by atoms with E-state index in [-0.39, 0.29) is 5.82 Å². The molecule has 0 saturated heterocycles. The molecule has 2 aromatic rings. The summed E-state index contributed by atoms with van der Waals surface area (Å²) in [4.78, 5) is 0. The Morgan fingerprint density at radius 3 is 2.72 bits per heavy atom. The third-order valence-corrected chi connectivity index (χ3v) is 2.94. The van der Waals surface area contributed by atoms with Gasteiger partial charge in [0.05, 0.1) is 5.69 Å². The first-order valence-electron chi connectivity index (χ1n) is 6.11. The summed E-state index contributed by atoms with van der Waals surface area (Å²) in [7, 11) is 1.89. The summed E-state index contributed by atoms with van der Waals surface area (Å²) in [5.74, 6) is -0.201. The van der Waals surface area contributed by atoms with Crippen LogP contribution in [0.25, 0.3) is 11.1 Å². The van der Waals surface area contributed by atoms with Crippen LogP contribution >= 0.6 is 0 Å². The van der Waals surface area contributed by atoms with Gasteiger partial charge in [0.1, 0.15) is 5.82 Å². The molecule has 1 aromatic heterocycles. The molecular weight excluding hydrogens is 229 g/mol. The minimum atomic E-state index is -0.201. The molecule has 0 aliphatic carbocycles. The zero-order valence-electron chi connectivity index (χ0n) is 11.0. The quantitative estimate of drug-likeness (QED) is 0.900. The van der Waals surface area contributed by atoms with E-state index in [2.05, 4.69) is 10.4 Å². The molecule has 0 radical (unpaired) electrons. The lowest BCUT2D eigenvalue weighted by atomic mass is 10.00. The van der Waals surface area contributed by atoms with Gasteiger partial charge in [-0.15, -0.1) is 0 Å². The van der Waals surface area contributed by atoms with Crippen LogP contribution in [0.1, 0.15) is 18.2 Å². The Kier molecular flexibility index (Phi) is 3.77. The number of aryl methyl sites for hydroxylation is 2. The van der Waals surface area contributed by atoms with Gasteiger partial charge in [-0.3, -0.25) is 4.68 Å². The van der Waals surface area contributed by atoms with Crippen molar-refractivity contribution in [3.05, 3.63) is 41.5 Å². The van der Waals surface area contributed by atoms with Crippen molar-refractivity contribution in [1.82, 2.24) is 15.1 Å². The normalized spacial score (nSPS) is 10.9. The van der Waals surface area contributed by atoms with Crippen LogP contribution in [0.3, 0.4) is 0 Å². The highest BCUT2D eigenvalue weighted by atomic mass is 19.1. The molecule has 0 saturated carbocycles. The third-order valence-electron chi connectivity index (χ3n) is 2.94. The van der Waals surface area contributed by atoms with Crippen molar-refractivity contribution in [2.75, 3.05) is 6.54 Å². The Hall–Kier alpha value is -1.68. The van der Waals surface area contributed by atoms with Crippen molar-refractivity contribution in [3.8, 4) is 11.1 Å². The third kappa shape index (κ3) is 2.59. The van der Waals surface area contributed by atoms with Crippen LogP contribution < -0.4 is 5.32 Å². The van der Waals surface area contributed by atoms with Crippen LogP contribution in [0.2, 0.25) is 0 Å². The van der Waals surface area contributed by atoms with Gasteiger partial charge < -0.3 is 5.32 Å². The predicted molar refractivity (Wildman–Crippen MR) is 70.7 cm³/mol. The maximum atomic E-state index is 13.3. The summed E-state index contributed by atoms with van der Waals surface area (Å²) in [6.45, 7) is 5.53. The largest absolute Gasteiger partial charge is 0.313 e. The molecule has 3 nitrogen and oxygen atoms in total. The molecule has 0 unspecified atom stereocenters. The predicted octanol–water partition coefficient (Wildman–Crippen LogP) is 2.64. The molecule has 0 aliphatic rings. The monoisotopic (exact) mass is 247 g/mol. The number of aromatic nitrogens is 2. The molecule has 1 aromatic carbocycles. The maximum absolute atomic E-state index is 13.3. The maximum Gasteiger partial charge on any atom is 0.123 e. The molecular formula is C14H18FN3. The van der Waals surface area contributed by atoms with Crippen LogP contribution in [-0.2, 0) is 13.6 Å². The van der Waals surface area contributed by atoms with Gasteiger partial charge in [-0.05, 0) is 36.7 Å². The van der Waals surface area contributed by atoms with E-state index in [1.165, 1.54) is 6.07 Å². The van der Waals surface area contributed by atoms with Crippen molar-refractivity contribution in [3.63, 3.8) is 0 Å². The number of halogens is 1. The van der Waals surface area contributed by atoms with E-state index >= 15 is 0 Å². The van der Waals surface area contributed by atoms with Crippen LogP contribution in [0.5, 0.6) is 0 Å². The van der Waals surface area contributed by atoms with Crippen molar-refractivity contribution < 1.29 is 4.39 Å². The van der Waals surface area contributed by atoms with Crippen LogP contribution in [0.4, 0.5) is 4.39 Å². The molecule has 0 spiro atoms. The number of hydrogen-bond acceptors (Lipinski definition) is 2. The van der Waals surface area contributed by atoms with Gasteiger partial charge in [0, 0.05) is 25.4 Å². The Morgan fingerprint density at radius 1 is 1.33 bits per heavy atom. The lowest BCUT2D eigenvalue weighted by Gasteiger charge is -2.09. The number of hydrogen-bond donors (Lipinski definition) is 1. The number of nitrogens with zero attached hydrogens (tertiary/aromatic N) is 2. The van der Waals surface area contributed by atoms with Crippen molar-refractivity contribution in [2.45, 2.75) is 20.4 Å². The summed E-state index contributed by atoms with van der Waals surface area (Å²) in [5.41, 5.74) is 4.03. The van der Waals surface area contributed by atoms with E-state index in [1.54, 1.807) is 10.7 Å². The Bertz CT molecular complexity index is 546. The van der Waals surface area contributed by atoms with Gasteiger partial charge >= 0.3 is 0 Å². The Balaban J connectivity index is 2.46. The van der Waals surface area contributed by atoms with Crippen molar-refractivity contribution >= 4 is 0 Å². The molecule has 0 bridgehead atoms. The molecule has 18 heavy (non-hydrogen) atoms.